The molecule has 0 aliphatic rings. The van der Waals surface area contributed by atoms with Crippen LogP contribution < -0.4 is 4.74 Å². The number of aromatic nitrogens is 1. The molecule has 0 spiro atoms. The van der Waals surface area contributed by atoms with Crippen molar-refractivity contribution < 1.29 is 9.53 Å². The highest BCUT2D eigenvalue weighted by atomic mass is 32.1. The second-order valence-electron chi connectivity index (χ2n) is 6.77. The topological polar surface area (TPSA) is 45.3 Å². The lowest BCUT2D eigenvalue weighted by atomic mass is 10.0. The smallest absolute Gasteiger partial charge is 0.261 e. The molecule has 0 aliphatic carbocycles. The highest BCUT2D eigenvalue weighted by Gasteiger charge is 2.27. The van der Waals surface area contributed by atoms with E-state index in [0.29, 0.717) is 0 Å². The van der Waals surface area contributed by atoms with Crippen LogP contribution in [0.25, 0.3) is 10.9 Å². The van der Waals surface area contributed by atoms with Crippen molar-refractivity contribution in [2.45, 2.75) is 13.0 Å². The monoisotopic (exact) mass is 390 g/mol. The number of aromatic amines is 1. The summed E-state index contributed by atoms with van der Waals surface area (Å²) in [6, 6.07) is 19.8. The van der Waals surface area contributed by atoms with Crippen LogP contribution in [0.1, 0.15) is 22.0 Å². The normalized spacial score (nSPS) is 12.1. The van der Waals surface area contributed by atoms with Crippen molar-refractivity contribution in [1.29, 1.82) is 0 Å². The summed E-state index contributed by atoms with van der Waals surface area (Å²) in [6.45, 7) is 1.98. The number of nitrogens with one attached hydrogen (secondary N) is 1. The van der Waals surface area contributed by atoms with Crippen LogP contribution >= 0.6 is 11.3 Å². The molecular weight excluding hydrogens is 368 g/mol. The summed E-state index contributed by atoms with van der Waals surface area (Å²) in [5, 5.41) is 3.17. The van der Waals surface area contributed by atoms with Gasteiger partial charge < -0.3 is 14.6 Å². The van der Waals surface area contributed by atoms with E-state index in [4.69, 9.17) is 4.74 Å². The quantitative estimate of drug-likeness (QED) is 0.494. The maximum atomic E-state index is 13.0. The van der Waals surface area contributed by atoms with Gasteiger partial charge in [-0.1, -0.05) is 42.5 Å². The molecule has 2 aromatic carbocycles. The summed E-state index contributed by atoms with van der Waals surface area (Å²) >= 11 is 1.65. The second-order valence-corrected chi connectivity index (χ2v) is 7.75. The highest BCUT2D eigenvalue weighted by Crippen LogP contribution is 2.35. The van der Waals surface area contributed by atoms with E-state index in [-0.39, 0.29) is 18.6 Å². The molecule has 0 saturated heterocycles. The first-order valence-corrected chi connectivity index (χ1v) is 10.1. The summed E-state index contributed by atoms with van der Waals surface area (Å²) in [5.74, 6) is 0.677. The van der Waals surface area contributed by atoms with Crippen LogP contribution in [0.5, 0.6) is 5.75 Å². The minimum absolute atomic E-state index is 0.00554. The Hall–Kier alpha value is -3.05. The first-order chi connectivity index (χ1) is 13.6. The lowest BCUT2D eigenvalue weighted by molar-refractivity contribution is -0.133. The number of nitrogens with zero attached hydrogens (tertiary/aromatic N) is 1. The van der Waals surface area contributed by atoms with Crippen molar-refractivity contribution in [3.8, 4) is 5.75 Å². The molecule has 142 valence electrons. The molecule has 0 unspecified atom stereocenters. The molecule has 28 heavy (non-hydrogen) atoms. The summed E-state index contributed by atoms with van der Waals surface area (Å²) in [7, 11) is 1.84. The number of likely N-dealkylation sites (N-methyl/N-ethyl adjacent to an activating group) is 1. The number of para-hydroxylation sites is 2. The number of aryl methyl sites for hydroxylation is 1. The third kappa shape index (κ3) is 3.53. The number of rotatable bonds is 6. The van der Waals surface area contributed by atoms with Gasteiger partial charge in [-0.05, 0) is 36.1 Å². The van der Waals surface area contributed by atoms with Gasteiger partial charge in [-0.25, -0.2) is 0 Å². The van der Waals surface area contributed by atoms with Crippen LogP contribution in [0.15, 0.2) is 72.2 Å². The fourth-order valence-corrected chi connectivity index (χ4v) is 4.31. The molecular formula is C23H22N2O2S. The van der Waals surface area contributed by atoms with Crippen LogP contribution in [0.3, 0.4) is 0 Å². The summed E-state index contributed by atoms with van der Waals surface area (Å²) in [4.78, 5) is 19.2. The Kier molecular flexibility index (Phi) is 5.17. The van der Waals surface area contributed by atoms with Crippen molar-refractivity contribution in [2.24, 2.45) is 0 Å². The number of carbonyl (C=O) groups is 1. The Balaban J connectivity index is 1.62. The first-order valence-electron chi connectivity index (χ1n) is 9.18. The van der Waals surface area contributed by atoms with E-state index in [1.807, 2.05) is 74.1 Å². The predicted molar refractivity (Wildman–Crippen MR) is 114 cm³/mol. The number of fused-ring (bicyclic) bond motifs is 1. The zero-order valence-electron chi connectivity index (χ0n) is 15.9. The van der Waals surface area contributed by atoms with E-state index in [9.17, 15) is 4.79 Å². The number of ether oxygens (including phenoxy) is 1. The van der Waals surface area contributed by atoms with Crippen molar-refractivity contribution >= 4 is 28.1 Å². The number of amides is 1. The van der Waals surface area contributed by atoms with Gasteiger partial charge in [-0.2, -0.15) is 0 Å². The van der Waals surface area contributed by atoms with Crippen molar-refractivity contribution in [3.05, 3.63) is 88.2 Å². The molecule has 0 saturated carbocycles. The van der Waals surface area contributed by atoms with Crippen LogP contribution in [-0.4, -0.2) is 29.4 Å². The van der Waals surface area contributed by atoms with Gasteiger partial charge in [-0.15, -0.1) is 11.3 Å². The van der Waals surface area contributed by atoms with Gasteiger partial charge >= 0.3 is 0 Å². The zero-order valence-corrected chi connectivity index (χ0v) is 16.7. The zero-order chi connectivity index (χ0) is 19.5. The van der Waals surface area contributed by atoms with E-state index in [1.54, 1.807) is 16.2 Å². The maximum Gasteiger partial charge on any atom is 0.261 e. The van der Waals surface area contributed by atoms with E-state index < -0.39 is 0 Å². The molecule has 4 rings (SSSR count). The van der Waals surface area contributed by atoms with Gasteiger partial charge in [0.2, 0.25) is 0 Å². The van der Waals surface area contributed by atoms with E-state index in [1.165, 1.54) is 0 Å². The van der Waals surface area contributed by atoms with Crippen LogP contribution in [0.4, 0.5) is 0 Å². The number of hydrogen-bond donors (Lipinski definition) is 1. The largest absolute Gasteiger partial charge is 0.484 e. The van der Waals surface area contributed by atoms with E-state index in [2.05, 4.69) is 17.1 Å². The molecule has 2 aromatic heterocycles. The summed E-state index contributed by atoms with van der Waals surface area (Å²) in [5.41, 5.74) is 3.17. The molecule has 1 amide bonds. The maximum absolute atomic E-state index is 13.0. The Morgan fingerprint density at radius 2 is 1.89 bits per heavy atom. The van der Waals surface area contributed by atoms with Gasteiger partial charge in [0.15, 0.2) is 6.61 Å². The van der Waals surface area contributed by atoms with Crippen molar-refractivity contribution in [3.63, 3.8) is 0 Å². The van der Waals surface area contributed by atoms with Crippen molar-refractivity contribution in [2.75, 3.05) is 13.7 Å². The molecule has 1 N–H and O–H groups in total. The molecule has 5 heteroatoms. The molecule has 4 aromatic rings. The molecule has 0 bridgehead atoms. The molecule has 0 fully saturated rings. The van der Waals surface area contributed by atoms with Gasteiger partial charge in [0.05, 0.1) is 6.04 Å². The van der Waals surface area contributed by atoms with Crippen LogP contribution in [0, 0.1) is 6.92 Å². The van der Waals surface area contributed by atoms with Gasteiger partial charge in [0.1, 0.15) is 5.75 Å². The Bertz CT molecular complexity index is 1080. The number of H-pyrrole nitrogens is 1. The van der Waals surface area contributed by atoms with Gasteiger partial charge in [0.25, 0.3) is 5.91 Å². The minimum Gasteiger partial charge on any atom is -0.484 e. The van der Waals surface area contributed by atoms with Crippen molar-refractivity contribution in [1.82, 2.24) is 9.88 Å². The number of carbonyl (C=O) groups excluding carboxylic acids is 1. The van der Waals surface area contributed by atoms with Crippen LogP contribution in [0.2, 0.25) is 0 Å². The molecule has 0 aliphatic heterocycles. The Morgan fingerprint density at radius 1 is 1.11 bits per heavy atom. The third-order valence-electron chi connectivity index (χ3n) is 4.95. The predicted octanol–water partition coefficient (Wildman–Crippen LogP) is 5.16. The molecule has 0 radical (unpaired) electrons. The first kappa shape index (κ1) is 18.3. The average molecular weight is 391 g/mol. The molecule has 1 atom stereocenters. The third-order valence-corrected chi connectivity index (χ3v) is 5.88. The summed E-state index contributed by atoms with van der Waals surface area (Å²) < 4.78 is 5.80. The standard InChI is InChI=1S/C23H22N2O2S/c1-16-8-3-6-11-20(16)27-15-22(26)25(2)23(21-12-7-13-28-21)18-14-24-19-10-5-4-9-17(18)19/h3-14,23-24H,15H2,1-2H3/t23-/m0/s1. The van der Waals surface area contributed by atoms with E-state index in [0.717, 1.165) is 32.7 Å². The average Bonchev–Trinajstić information content (AvgIpc) is 3.38. The van der Waals surface area contributed by atoms with E-state index >= 15 is 0 Å². The minimum atomic E-state index is -0.163. The lowest BCUT2D eigenvalue weighted by Gasteiger charge is -2.27. The highest BCUT2D eigenvalue weighted by molar-refractivity contribution is 7.10. The van der Waals surface area contributed by atoms with Gasteiger partial charge in [0, 0.05) is 34.6 Å². The number of hydrogen-bond acceptors (Lipinski definition) is 3. The Labute approximate surface area is 168 Å². The Morgan fingerprint density at radius 3 is 2.68 bits per heavy atom. The molecule has 2 heterocycles. The second kappa shape index (κ2) is 7.90. The SMILES string of the molecule is Cc1ccccc1OCC(=O)N(C)[C@H](c1cccs1)c1c[nH]c2ccccc12. The number of thiophene rings is 1. The lowest BCUT2D eigenvalue weighted by Crippen LogP contribution is -2.35. The fraction of sp³-hybridized carbons (Fsp3) is 0.174. The number of benzene rings is 2. The summed E-state index contributed by atoms with van der Waals surface area (Å²) in [6.07, 6.45) is 2.00. The molecule has 4 nitrogen and oxygen atoms in total. The fourth-order valence-electron chi connectivity index (χ4n) is 3.42. The van der Waals surface area contributed by atoms with Gasteiger partial charge in [-0.3, -0.25) is 4.79 Å². The van der Waals surface area contributed by atoms with Crippen LogP contribution in [-0.2, 0) is 4.79 Å².